The molecule has 0 spiro atoms. The van der Waals surface area contributed by atoms with Gasteiger partial charge in [0.1, 0.15) is 5.78 Å². The highest BCUT2D eigenvalue weighted by atomic mass is 16.2. The summed E-state index contributed by atoms with van der Waals surface area (Å²) in [5.41, 5.74) is 2.33. The zero-order valence-electron chi connectivity index (χ0n) is 8.78. The number of hydrogen-bond donors (Lipinski definition) is 2. The van der Waals surface area contributed by atoms with Gasteiger partial charge in [0, 0.05) is 5.69 Å². The molecule has 0 fully saturated rings. The predicted octanol–water partition coefficient (Wildman–Crippen LogP) is 1.48. The summed E-state index contributed by atoms with van der Waals surface area (Å²) in [5.74, 6) is -0.458. The van der Waals surface area contributed by atoms with Gasteiger partial charge in [-0.25, -0.2) is 4.98 Å². The molecule has 2 rings (SSSR count). The Labute approximate surface area is 91.9 Å². The molecule has 82 valence electrons. The number of hydrogen-bond acceptors (Lipinski definition) is 3. The Morgan fingerprint density at radius 3 is 3.00 bits per heavy atom. The minimum Gasteiger partial charge on any atom is -0.345 e. The number of aromatic nitrogens is 2. The van der Waals surface area contributed by atoms with Crippen LogP contribution in [0.4, 0.5) is 5.69 Å². The van der Waals surface area contributed by atoms with E-state index in [-0.39, 0.29) is 18.1 Å². The number of H-pyrrole nitrogens is 1. The van der Waals surface area contributed by atoms with Crippen molar-refractivity contribution in [2.45, 2.75) is 13.3 Å². The fraction of sp³-hybridized carbons (Fsp3) is 0.182. The van der Waals surface area contributed by atoms with Crippen molar-refractivity contribution < 1.29 is 9.59 Å². The number of amides is 1. The van der Waals surface area contributed by atoms with E-state index >= 15 is 0 Å². The van der Waals surface area contributed by atoms with Crippen LogP contribution in [0, 0.1) is 0 Å². The van der Waals surface area contributed by atoms with Gasteiger partial charge in [0.05, 0.1) is 23.8 Å². The van der Waals surface area contributed by atoms with E-state index in [1.807, 2.05) is 6.07 Å². The molecule has 0 saturated heterocycles. The van der Waals surface area contributed by atoms with Crippen LogP contribution in [-0.4, -0.2) is 21.7 Å². The van der Waals surface area contributed by atoms with Crippen LogP contribution in [0.15, 0.2) is 24.5 Å². The number of Topliss-reactive ketones (excluding diaryl/α,β-unsaturated/α-hetero) is 1. The minimum atomic E-state index is -0.303. The van der Waals surface area contributed by atoms with Crippen molar-refractivity contribution in [2.24, 2.45) is 0 Å². The Morgan fingerprint density at radius 2 is 2.25 bits per heavy atom. The molecule has 0 radical (unpaired) electrons. The first-order valence-electron chi connectivity index (χ1n) is 4.87. The maximum Gasteiger partial charge on any atom is 0.231 e. The summed E-state index contributed by atoms with van der Waals surface area (Å²) < 4.78 is 0. The molecular weight excluding hydrogens is 206 g/mol. The monoisotopic (exact) mass is 217 g/mol. The maximum atomic E-state index is 11.3. The van der Waals surface area contributed by atoms with E-state index in [1.54, 1.807) is 18.5 Å². The van der Waals surface area contributed by atoms with Gasteiger partial charge in [-0.2, -0.15) is 0 Å². The van der Waals surface area contributed by atoms with Gasteiger partial charge in [-0.05, 0) is 25.1 Å². The minimum absolute atomic E-state index is 0.0986. The molecular formula is C11H11N3O2. The van der Waals surface area contributed by atoms with Gasteiger partial charge >= 0.3 is 0 Å². The number of benzene rings is 1. The van der Waals surface area contributed by atoms with Gasteiger partial charge in [0.25, 0.3) is 0 Å². The van der Waals surface area contributed by atoms with Crippen LogP contribution in [0.5, 0.6) is 0 Å². The second-order valence-corrected chi connectivity index (χ2v) is 3.56. The van der Waals surface area contributed by atoms with Crippen molar-refractivity contribution in [1.82, 2.24) is 9.97 Å². The van der Waals surface area contributed by atoms with Crippen LogP contribution in [0.1, 0.15) is 13.3 Å². The number of nitrogens with zero attached hydrogens (tertiary/aromatic N) is 1. The fourth-order valence-corrected chi connectivity index (χ4v) is 1.44. The summed E-state index contributed by atoms with van der Waals surface area (Å²) in [5, 5.41) is 2.64. The smallest absolute Gasteiger partial charge is 0.231 e. The van der Waals surface area contributed by atoms with Crippen molar-refractivity contribution in [2.75, 3.05) is 5.32 Å². The van der Waals surface area contributed by atoms with Gasteiger partial charge in [-0.1, -0.05) is 0 Å². The van der Waals surface area contributed by atoms with E-state index in [4.69, 9.17) is 0 Å². The molecule has 1 aromatic carbocycles. The molecule has 1 heterocycles. The molecule has 0 saturated carbocycles. The summed E-state index contributed by atoms with van der Waals surface area (Å²) >= 11 is 0. The lowest BCUT2D eigenvalue weighted by molar-refractivity contribution is -0.124. The quantitative estimate of drug-likeness (QED) is 0.764. The molecule has 0 unspecified atom stereocenters. The van der Waals surface area contributed by atoms with Gasteiger partial charge in [0.15, 0.2) is 0 Å². The van der Waals surface area contributed by atoms with Gasteiger partial charge < -0.3 is 10.3 Å². The molecule has 0 aliphatic heterocycles. The molecule has 0 aliphatic carbocycles. The number of nitrogens with one attached hydrogen (secondary N) is 2. The number of ketones is 1. The molecule has 1 amide bonds. The standard InChI is InChI=1S/C11H11N3O2/c1-7(15)4-11(16)14-8-2-3-9-10(5-8)13-6-12-9/h2-3,5-6H,4H2,1H3,(H,12,13)(H,14,16). The van der Waals surface area contributed by atoms with E-state index in [0.29, 0.717) is 5.69 Å². The zero-order valence-corrected chi connectivity index (χ0v) is 8.78. The second kappa shape index (κ2) is 4.14. The molecule has 0 aliphatic rings. The number of carbonyl (C=O) groups excluding carboxylic acids is 2. The Balaban J connectivity index is 2.14. The third kappa shape index (κ3) is 2.25. The van der Waals surface area contributed by atoms with Crippen molar-refractivity contribution in [3.05, 3.63) is 24.5 Å². The largest absolute Gasteiger partial charge is 0.345 e. The molecule has 0 bridgehead atoms. The molecule has 1 aromatic heterocycles. The zero-order chi connectivity index (χ0) is 11.5. The highest BCUT2D eigenvalue weighted by Crippen LogP contribution is 2.15. The summed E-state index contributed by atoms with van der Waals surface area (Å²) in [6.07, 6.45) is 1.49. The van der Waals surface area contributed by atoms with E-state index in [0.717, 1.165) is 11.0 Å². The molecule has 5 nitrogen and oxygen atoms in total. The van der Waals surface area contributed by atoms with Gasteiger partial charge in [-0.3, -0.25) is 9.59 Å². The van der Waals surface area contributed by atoms with E-state index in [9.17, 15) is 9.59 Å². The first-order valence-corrected chi connectivity index (χ1v) is 4.87. The first-order chi connectivity index (χ1) is 7.65. The normalized spacial score (nSPS) is 10.3. The topological polar surface area (TPSA) is 74.8 Å². The molecule has 0 atom stereocenters. The Hall–Kier alpha value is -2.17. The Morgan fingerprint density at radius 1 is 1.44 bits per heavy atom. The Kier molecular flexibility index (Phi) is 2.68. The second-order valence-electron chi connectivity index (χ2n) is 3.56. The van der Waals surface area contributed by atoms with Crippen LogP contribution in [0.2, 0.25) is 0 Å². The number of carbonyl (C=O) groups is 2. The number of imidazole rings is 1. The molecule has 2 aromatic rings. The lowest BCUT2D eigenvalue weighted by Gasteiger charge is -2.03. The van der Waals surface area contributed by atoms with Crippen LogP contribution in [0.3, 0.4) is 0 Å². The van der Waals surface area contributed by atoms with Crippen LogP contribution >= 0.6 is 0 Å². The maximum absolute atomic E-state index is 11.3. The van der Waals surface area contributed by atoms with E-state index in [1.165, 1.54) is 6.92 Å². The van der Waals surface area contributed by atoms with Crippen molar-refractivity contribution >= 4 is 28.4 Å². The number of aromatic amines is 1. The van der Waals surface area contributed by atoms with Crippen LogP contribution in [0.25, 0.3) is 11.0 Å². The summed E-state index contributed by atoms with van der Waals surface area (Å²) in [6, 6.07) is 5.34. The lowest BCUT2D eigenvalue weighted by atomic mass is 10.2. The SMILES string of the molecule is CC(=O)CC(=O)Nc1ccc2[nH]cnc2c1. The van der Waals surface area contributed by atoms with Gasteiger partial charge in [-0.15, -0.1) is 0 Å². The highest BCUT2D eigenvalue weighted by Gasteiger charge is 2.06. The summed E-state index contributed by atoms with van der Waals surface area (Å²) in [7, 11) is 0. The first kappa shape index (κ1) is 10.4. The van der Waals surface area contributed by atoms with Gasteiger partial charge in [0.2, 0.25) is 5.91 Å². The van der Waals surface area contributed by atoms with Crippen molar-refractivity contribution in [1.29, 1.82) is 0 Å². The lowest BCUT2D eigenvalue weighted by Crippen LogP contribution is -2.14. The molecule has 2 N–H and O–H groups in total. The third-order valence-corrected chi connectivity index (χ3v) is 2.11. The van der Waals surface area contributed by atoms with Crippen LogP contribution in [-0.2, 0) is 9.59 Å². The predicted molar refractivity (Wildman–Crippen MR) is 60.0 cm³/mol. The van der Waals surface area contributed by atoms with Crippen LogP contribution < -0.4 is 5.32 Å². The van der Waals surface area contributed by atoms with Crippen molar-refractivity contribution in [3.63, 3.8) is 0 Å². The summed E-state index contributed by atoms with van der Waals surface area (Å²) in [4.78, 5) is 29.1. The summed E-state index contributed by atoms with van der Waals surface area (Å²) in [6.45, 7) is 1.39. The highest BCUT2D eigenvalue weighted by molar-refractivity contribution is 6.04. The van der Waals surface area contributed by atoms with E-state index in [2.05, 4.69) is 15.3 Å². The Bertz CT molecular complexity index is 545. The average molecular weight is 217 g/mol. The van der Waals surface area contributed by atoms with Crippen molar-refractivity contribution in [3.8, 4) is 0 Å². The fourth-order valence-electron chi connectivity index (χ4n) is 1.44. The van der Waals surface area contributed by atoms with E-state index < -0.39 is 0 Å². The number of fused-ring (bicyclic) bond motifs is 1. The number of rotatable bonds is 3. The molecule has 5 heteroatoms. The molecule has 16 heavy (non-hydrogen) atoms. The average Bonchev–Trinajstić information content (AvgIpc) is 2.63. The number of anilines is 1. The third-order valence-electron chi connectivity index (χ3n) is 2.11.